The van der Waals surface area contributed by atoms with Gasteiger partial charge in [-0.25, -0.2) is 4.98 Å². The first-order valence-electron chi connectivity index (χ1n) is 10.3. The third kappa shape index (κ3) is 4.68. The van der Waals surface area contributed by atoms with E-state index in [1.54, 1.807) is 4.57 Å². The Labute approximate surface area is 204 Å². The average Bonchev–Trinajstić information content (AvgIpc) is 2.80. The summed E-state index contributed by atoms with van der Waals surface area (Å²) in [6, 6.07) is 17.1. The SMILES string of the molecule is CC(=O)Nc1cnc(N)nc1N[C@@H](C)c1cc2cccc(CI)c2c(=O)n1-c1ccccc1. The second-order valence-corrected chi connectivity index (χ2v) is 8.36. The second kappa shape index (κ2) is 9.57. The Bertz CT molecular complexity index is 1390. The molecule has 168 valence electrons. The number of nitrogens with one attached hydrogen (secondary N) is 2. The highest BCUT2D eigenvalue weighted by molar-refractivity contribution is 14.1. The lowest BCUT2D eigenvalue weighted by Gasteiger charge is -2.23. The maximum Gasteiger partial charge on any atom is 0.263 e. The number of nitrogens with zero attached hydrogens (tertiary/aromatic N) is 3. The van der Waals surface area contributed by atoms with Crippen molar-refractivity contribution in [2.24, 2.45) is 0 Å². The molecule has 0 aliphatic heterocycles. The van der Waals surface area contributed by atoms with E-state index < -0.39 is 0 Å². The maximum atomic E-state index is 13.8. The molecule has 0 aliphatic carbocycles. The lowest BCUT2D eigenvalue weighted by molar-refractivity contribution is -0.114. The van der Waals surface area contributed by atoms with Gasteiger partial charge in [-0.05, 0) is 36.1 Å². The number of nitrogen functional groups attached to an aromatic ring is 1. The number of alkyl halides is 1. The number of rotatable bonds is 6. The van der Waals surface area contributed by atoms with Gasteiger partial charge in [0.2, 0.25) is 11.9 Å². The molecule has 0 fully saturated rings. The number of anilines is 3. The van der Waals surface area contributed by atoms with Gasteiger partial charge in [0, 0.05) is 22.7 Å². The number of aromatic nitrogens is 3. The quantitative estimate of drug-likeness (QED) is 0.240. The summed E-state index contributed by atoms with van der Waals surface area (Å²) >= 11 is 2.28. The van der Waals surface area contributed by atoms with Crippen LogP contribution in [0.2, 0.25) is 0 Å². The van der Waals surface area contributed by atoms with Crippen molar-refractivity contribution in [3.05, 3.63) is 82.4 Å². The summed E-state index contributed by atoms with van der Waals surface area (Å²) in [7, 11) is 0. The number of carbonyl (C=O) groups excluding carboxylic acids is 1. The van der Waals surface area contributed by atoms with Crippen molar-refractivity contribution in [1.29, 1.82) is 0 Å². The molecular weight excluding hydrogens is 531 g/mol. The Hall–Kier alpha value is -3.47. The minimum Gasteiger partial charge on any atom is -0.368 e. The zero-order valence-corrected chi connectivity index (χ0v) is 20.3. The summed E-state index contributed by atoms with van der Waals surface area (Å²) in [4.78, 5) is 33.6. The second-order valence-electron chi connectivity index (χ2n) is 7.60. The van der Waals surface area contributed by atoms with Crippen molar-refractivity contribution in [3.8, 4) is 5.69 Å². The number of hydrogen-bond acceptors (Lipinski definition) is 6. The fourth-order valence-electron chi connectivity index (χ4n) is 3.79. The van der Waals surface area contributed by atoms with Crippen LogP contribution in [0.4, 0.5) is 17.5 Å². The number of halogens is 1. The Morgan fingerprint density at radius 2 is 1.94 bits per heavy atom. The van der Waals surface area contributed by atoms with Crippen molar-refractivity contribution < 1.29 is 4.79 Å². The van der Waals surface area contributed by atoms with Gasteiger partial charge in [-0.2, -0.15) is 4.98 Å². The molecule has 0 saturated heterocycles. The number of pyridine rings is 1. The Balaban J connectivity index is 1.90. The molecule has 2 heterocycles. The van der Waals surface area contributed by atoms with Crippen LogP contribution in [0, 0.1) is 0 Å². The van der Waals surface area contributed by atoms with Crippen LogP contribution in [0.3, 0.4) is 0 Å². The van der Waals surface area contributed by atoms with E-state index in [2.05, 4.69) is 43.2 Å². The molecule has 0 aliphatic rings. The van der Waals surface area contributed by atoms with Crippen LogP contribution in [0.25, 0.3) is 16.5 Å². The fraction of sp³-hybridized carbons (Fsp3) is 0.167. The van der Waals surface area contributed by atoms with Crippen molar-refractivity contribution in [3.63, 3.8) is 0 Å². The zero-order chi connectivity index (χ0) is 23.5. The number of amides is 1. The molecule has 8 nitrogen and oxygen atoms in total. The maximum absolute atomic E-state index is 13.8. The Morgan fingerprint density at radius 1 is 1.18 bits per heavy atom. The molecule has 1 atom stereocenters. The minimum atomic E-state index is -0.354. The number of fused-ring (bicyclic) bond motifs is 1. The molecule has 4 rings (SSSR count). The van der Waals surface area contributed by atoms with Crippen LogP contribution in [0.1, 0.15) is 31.1 Å². The molecule has 1 amide bonds. The van der Waals surface area contributed by atoms with Gasteiger partial charge in [-0.15, -0.1) is 0 Å². The topological polar surface area (TPSA) is 115 Å². The van der Waals surface area contributed by atoms with Crippen LogP contribution >= 0.6 is 22.6 Å². The van der Waals surface area contributed by atoms with Gasteiger partial charge in [0.25, 0.3) is 5.56 Å². The third-order valence-electron chi connectivity index (χ3n) is 5.23. The summed E-state index contributed by atoms with van der Waals surface area (Å²) in [5.74, 6) is 0.195. The average molecular weight is 554 g/mol. The first-order valence-corrected chi connectivity index (χ1v) is 11.9. The number of para-hydroxylation sites is 1. The van der Waals surface area contributed by atoms with Gasteiger partial charge in [-0.3, -0.25) is 14.2 Å². The van der Waals surface area contributed by atoms with E-state index in [0.29, 0.717) is 16.9 Å². The number of hydrogen-bond donors (Lipinski definition) is 3. The van der Waals surface area contributed by atoms with E-state index >= 15 is 0 Å². The van der Waals surface area contributed by atoms with Crippen LogP contribution in [0.5, 0.6) is 0 Å². The van der Waals surface area contributed by atoms with Gasteiger partial charge >= 0.3 is 0 Å². The van der Waals surface area contributed by atoms with E-state index in [1.807, 2.05) is 61.5 Å². The van der Waals surface area contributed by atoms with Gasteiger partial charge in [0.15, 0.2) is 5.82 Å². The summed E-state index contributed by atoms with van der Waals surface area (Å²) in [6.07, 6.45) is 1.45. The first-order chi connectivity index (χ1) is 15.9. The van der Waals surface area contributed by atoms with Crippen molar-refractivity contribution in [2.75, 3.05) is 16.4 Å². The largest absolute Gasteiger partial charge is 0.368 e. The monoisotopic (exact) mass is 554 g/mol. The highest BCUT2D eigenvalue weighted by Gasteiger charge is 2.19. The molecule has 0 saturated carbocycles. The molecule has 0 unspecified atom stereocenters. The van der Waals surface area contributed by atoms with Crippen LogP contribution in [-0.4, -0.2) is 20.4 Å². The fourth-order valence-corrected chi connectivity index (χ4v) is 4.43. The molecule has 33 heavy (non-hydrogen) atoms. The van der Waals surface area contributed by atoms with E-state index in [-0.39, 0.29) is 23.5 Å². The molecule has 4 aromatic rings. The molecule has 0 spiro atoms. The van der Waals surface area contributed by atoms with Crippen molar-refractivity contribution in [1.82, 2.24) is 14.5 Å². The van der Waals surface area contributed by atoms with Gasteiger partial charge < -0.3 is 16.4 Å². The highest BCUT2D eigenvalue weighted by atomic mass is 127. The predicted octanol–water partition coefficient (Wildman–Crippen LogP) is 4.43. The lowest BCUT2D eigenvalue weighted by atomic mass is 10.0. The molecule has 9 heteroatoms. The molecule has 0 radical (unpaired) electrons. The third-order valence-corrected chi connectivity index (χ3v) is 6.06. The number of carbonyl (C=O) groups is 1. The van der Waals surface area contributed by atoms with E-state index in [4.69, 9.17) is 5.73 Å². The summed E-state index contributed by atoms with van der Waals surface area (Å²) in [6.45, 7) is 3.34. The smallest absolute Gasteiger partial charge is 0.263 e. The predicted molar refractivity (Wildman–Crippen MR) is 140 cm³/mol. The Kier molecular flexibility index (Phi) is 6.59. The molecular formula is C24H23IN6O2. The van der Waals surface area contributed by atoms with Crippen molar-refractivity contribution >= 4 is 56.7 Å². The van der Waals surface area contributed by atoms with E-state index in [0.717, 1.165) is 26.8 Å². The molecule has 2 aromatic carbocycles. The molecule has 0 bridgehead atoms. The normalized spacial score (nSPS) is 11.8. The highest BCUT2D eigenvalue weighted by Crippen LogP contribution is 2.28. The summed E-state index contributed by atoms with van der Waals surface area (Å²) in [5, 5.41) is 7.58. The Morgan fingerprint density at radius 3 is 2.64 bits per heavy atom. The standard InChI is InChI=1S/C24H23IN6O2/c1-14(28-22-19(29-15(2)32)13-27-24(26)30-22)20-11-16-7-6-8-17(12-25)21(16)23(33)31(20)18-9-4-3-5-10-18/h3-11,13-14H,12H2,1-2H3,(H,29,32)(H3,26,27,28,30)/t14-/m0/s1. The first kappa shape index (κ1) is 22.7. The number of nitrogens with two attached hydrogens (primary N) is 1. The molecule has 2 aromatic heterocycles. The van der Waals surface area contributed by atoms with E-state index in [1.165, 1.54) is 13.1 Å². The zero-order valence-electron chi connectivity index (χ0n) is 18.2. The van der Waals surface area contributed by atoms with Crippen LogP contribution < -0.4 is 21.9 Å². The van der Waals surface area contributed by atoms with E-state index in [9.17, 15) is 9.59 Å². The summed E-state index contributed by atoms with van der Waals surface area (Å²) in [5.41, 5.74) is 8.62. The van der Waals surface area contributed by atoms with Crippen LogP contribution in [-0.2, 0) is 9.22 Å². The van der Waals surface area contributed by atoms with Crippen LogP contribution in [0.15, 0.2) is 65.6 Å². The summed E-state index contributed by atoms with van der Waals surface area (Å²) < 4.78 is 2.45. The van der Waals surface area contributed by atoms with Crippen molar-refractivity contribution in [2.45, 2.75) is 24.3 Å². The molecule has 4 N–H and O–H groups in total. The van der Waals surface area contributed by atoms with Gasteiger partial charge in [0.1, 0.15) is 5.69 Å². The number of benzene rings is 2. The lowest BCUT2D eigenvalue weighted by Crippen LogP contribution is -2.26. The van der Waals surface area contributed by atoms with Gasteiger partial charge in [-0.1, -0.05) is 59.0 Å². The van der Waals surface area contributed by atoms with Gasteiger partial charge in [0.05, 0.1) is 17.6 Å². The minimum absolute atomic E-state index is 0.0736.